The van der Waals surface area contributed by atoms with Gasteiger partial charge in [0, 0.05) is 16.7 Å². The van der Waals surface area contributed by atoms with Crippen LogP contribution in [0, 0.1) is 6.92 Å². The van der Waals surface area contributed by atoms with Crippen molar-refractivity contribution in [1.29, 1.82) is 0 Å². The number of para-hydroxylation sites is 1. The lowest BCUT2D eigenvalue weighted by molar-refractivity contribution is 0.120. The normalized spacial score (nSPS) is 10.2. The Kier molecular flexibility index (Phi) is 5.69. The molecule has 0 aliphatic heterocycles. The van der Waals surface area contributed by atoms with Crippen LogP contribution in [0.5, 0.6) is 11.5 Å². The Labute approximate surface area is 142 Å². The van der Waals surface area contributed by atoms with E-state index in [1.165, 1.54) is 7.11 Å². The molecule has 2 rings (SSSR count). The van der Waals surface area contributed by atoms with Crippen LogP contribution in [0.15, 0.2) is 40.9 Å². The van der Waals surface area contributed by atoms with Crippen molar-refractivity contribution in [3.63, 3.8) is 0 Å². The first kappa shape index (κ1) is 16.6. The second-order valence-corrected chi connectivity index (χ2v) is 5.75. The van der Waals surface area contributed by atoms with E-state index in [0.29, 0.717) is 16.5 Å². The zero-order chi connectivity index (χ0) is 16.1. The maximum absolute atomic E-state index is 11.2. The molecule has 2 aromatic rings. The molecule has 0 bridgehead atoms. The molecule has 0 amide bonds. The number of hydrogen-bond acceptors (Lipinski definition) is 4. The third-order valence-corrected chi connectivity index (χ3v) is 3.96. The molecular formula is C16H14BrClO4. The Morgan fingerprint density at radius 3 is 2.68 bits per heavy atom. The van der Waals surface area contributed by atoms with E-state index in [1.807, 2.05) is 25.1 Å². The standard InChI is InChI=1S/C16H14BrClO4/c1-10-7-12(17)15(8-13(10)18)21-9-11-5-3-4-6-14(11)22-16(19)20-2/h3-8H,9H2,1-2H3. The molecule has 0 aliphatic carbocycles. The molecule has 0 radical (unpaired) electrons. The van der Waals surface area contributed by atoms with Crippen molar-refractivity contribution in [2.75, 3.05) is 7.11 Å². The summed E-state index contributed by atoms with van der Waals surface area (Å²) < 4.78 is 16.1. The lowest BCUT2D eigenvalue weighted by Crippen LogP contribution is -2.09. The highest BCUT2D eigenvalue weighted by Crippen LogP contribution is 2.32. The predicted octanol–water partition coefficient (Wildman–Crippen LogP) is 5.14. The highest BCUT2D eigenvalue weighted by atomic mass is 79.9. The summed E-state index contributed by atoms with van der Waals surface area (Å²) in [4.78, 5) is 11.2. The fourth-order valence-electron chi connectivity index (χ4n) is 1.75. The predicted molar refractivity (Wildman–Crippen MR) is 87.7 cm³/mol. The summed E-state index contributed by atoms with van der Waals surface area (Å²) in [5.41, 5.74) is 1.67. The van der Waals surface area contributed by atoms with Crippen molar-refractivity contribution < 1.29 is 19.0 Å². The number of ether oxygens (including phenoxy) is 3. The summed E-state index contributed by atoms with van der Waals surface area (Å²) >= 11 is 9.54. The first-order chi connectivity index (χ1) is 10.5. The molecule has 22 heavy (non-hydrogen) atoms. The first-order valence-electron chi connectivity index (χ1n) is 6.43. The van der Waals surface area contributed by atoms with E-state index in [-0.39, 0.29) is 6.61 Å². The maximum Gasteiger partial charge on any atom is 0.513 e. The highest BCUT2D eigenvalue weighted by Gasteiger charge is 2.11. The largest absolute Gasteiger partial charge is 0.513 e. The van der Waals surface area contributed by atoms with Crippen LogP contribution in [0.1, 0.15) is 11.1 Å². The second-order valence-electron chi connectivity index (χ2n) is 4.48. The van der Waals surface area contributed by atoms with Gasteiger partial charge in [0.05, 0.1) is 11.6 Å². The molecule has 0 saturated carbocycles. The number of rotatable bonds is 4. The topological polar surface area (TPSA) is 44.8 Å². The van der Waals surface area contributed by atoms with Gasteiger partial charge in [0.1, 0.15) is 18.1 Å². The summed E-state index contributed by atoms with van der Waals surface area (Å²) in [6, 6.07) is 10.7. The maximum atomic E-state index is 11.2. The van der Waals surface area contributed by atoms with Gasteiger partial charge < -0.3 is 14.2 Å². The first-order valence-corrected chi connectivity index (χ1v) is 7.60. The van der Waals surface area contributed by atoms with Crippen molar-refractivity contribution in [2.24, 2.45) is 0 Å². The van der Waals surface area contributed by atoms with Crippen LogP contribution in [0.3, 0.4) is 0 Å². The molecule has 6 heteroatoms. The van der Waals surface area contributed by atoms with Crippen LogP contribution in [-0.2, 0) is 11.3 Å². The summed E-state index contributed by atoms with van der Waals surface area (Å²) in [5.74, 6) is 1.01. The second kappa shape index (κ2) is 7.51. The number of methoxy groups -OCH3 is 1. The van der Waals surface area contributed by atoms with Gasteiger partial charge in [-0.15, -0.1) is 0 Å². The van der Waals surface area contributed by atoms with Crippen molar-refractivity contribution in [1.82, 2.24) is 0 Å². The lowest BCUT2D eigenvalue weighted by atomic mass is 10.2. The van der Waals surface area contributed by atoms with Gasteiger partial charge in [0.15, 0.2) is 0 Å². The number of halogens is 2. The fraction of sp³-hybridized carbons (Fsp3) is 0.188. The minimum Gasteiger partial charge on any atom is -0.488 e. The van der Waals surface area contributed by atoms with Crippen molar-refractivity contribution in [2.45, 2.75) is 13.5 Å². The van der Waals surface area contributed by atoms with Crippen LogP contribution >= 0.6 is 27.5 Å². The number of aryl methyl sites for hydroxylation is 1. The molecule has 0 aromatic heterocycles. The fourth-order valence-corrected chi connectivity index (χ4v) is 2.47. The third-order valence-electron chi connectivity index (χ3n) is 2.93. The number of carbonyl (C=O) groups is 1. The van der Waals surface area contributed by atoms with E-state index in [1.54, 1.807) is 18.2 Å². The summed E-state index contributed by atoms with van der Waals surface area (Å²) in [5, 5.41) is 0.622. The van der Waals surface area contributed by atoms with E-state index >= 15 is 0 Å². The monoisotopic (exact) mass is 384 g/mol. The molecule has 0 spiro atoms. The third kappa shape index (κ3) is 4.15. The van der Waals surface area contributed by atoms with E-state index in [0.717, 1.165) is 15.6 Å². The average Bonchev–Trinajstić information content (AvgIpc) is 2.50. The minimum absolute atomic E-state index is 0.227. The van der Waals surface area contributed by atoms with Crippen LogP contribution in [0.2, 0.25) is 5.02 Å². The average molecular weight is 386 g/mol. The van der Waals surface area contributed by atoms with Gasteiger partial charge >= 0.3 is 6.16 Å². The van der Waals surface area contributed by atoms with Crippen LogP contribution < -0.4 is 9.47 Å². The number of benzene rings is 2. The summed E-state index contributed by atoms with van der Waals surface area (Å²) in [6.07, 6.45) is -0.771. The quantitative estimate of drug-likeness (QED) is 0.540. The van der Waals surface area contributed by atoms with Crippen LogP contribution in [0.25, 0.3) is 0 Å². The molecular weight excluding hydrogens is 372 g/mol. The Balaban J connectivity index is 2.15. The van der Waals surface area contributed by atoms with Crippen molar-refractivity contribution in [3.05, 3.63) is 57.0 Å². The SMILES string of the molecule is COC(=O)Oc1ccccc1COc1cc(Cl)c(C)cc1Br. The number of hydrogen-bond donors (Lipinski definition) is 0. The zero-order valence-corrected chi connectivity index (χ0v) is 14.4. The zero-order valence-electron chi connectivity index (χ0n) is 12.1. The number of carbonyl (C=O) groups excluding carboxylic acids is 1. The molecule has 2 aromatic carbocycles. The molecule has 0 N–H and O–H groups in total. The van der Waals surface area contributed by atoms with E-state index in [4.69, 9.17) is 21.1 Å². The Morgan fingerprint density at radius 2 is 1.95 bits per heavy atom. The van der Waals surface area contributed by atoms with E-state index in [2.05, 4.69) is 20.7 Å². The smallest absolute Gasteiger partial charge is 0.488 e. The van der Waals surface area contributed by atoms with Crippen molar-refractivity contribution >= 4 is 33.7 Å². The van der Waals surface area contributed by atoms with Gasteiger partial charge in [-0.2, -0.15) is 0 Å². The molecule has 0 atom stereocenters. The molecule has 0 heterocycles. The van der Waals surface area contributed by atoms with Gasteiger partial charge in [0.25, 0.3) is 0 Å². The molecule has 4 nitrogen and oxygen atoms in total. The molecule has 0 saturated heterocycles. The van der Waals surface area contributed by atoms with Gasteiger partial charge in [-0.1, -0.05) is 29.8 Å². The van der Waals surface area contributed by atoms with Gasteiger partial charge in [-0.3, -0.25) is 0 Å². The minimum atomic E-state index is -0.771. The van der Waals surface area contributed by atoms with E-state index in [9.17, 15) is 4.79 Å². The Morgan fingerprint density at radius 1 is 1.23 bits per heavy atom. The summed E-state index contributed by atoms with van der Waals surface area (Å²) in [6.45, 7) is 2.14. The van der Waals surface area contributed by atoms with Gasteiger partial charge in [-0.25, -0.2) is 4.79 Å². The Hall–Kier alpha value is -1.72. The van der Waals surface area contributed by atoms with E-state index < -0.39 is 6.16 Å². The van der Waals surface area contributed by atoms with Gasteiger partial charge in [0.2, 0.25) is 0 Å². The summed E-state index contributed by atoms with van der Waals surface area (Å²) in [7, 11) is 1.26. The van der Waals surface area contributed by atoms with Gasteiger partial charge in [-0.05, 0) is 40.5 Å². The molecule has 0 aliphatic rings. The molecule has 116 valence electrons. The van der Waals surface area contributed by atoms with Crippen LogP contribution in [0.4, 0.5) is 4.79 Å². The van der Waals surface area contributed by atoms with Crippen LogP contribution in [-0.4, -0.2) is 13.3 Å². The molecule has 0 unspecified atom stereocenters. The Bertz CT molecular complexity index is 688. The lowest BCUT2D eigenvalue weighted by Gasteiger charge is -2.12. The van der Waals surface area contributed by atoms with Crippen molar-refractivity contribution in [3.8, 4) is 11.5 Å². The highest BCUT2D eigenvalue weighted by molar-refractivity contribution is 9.10. The molecule has 0 fully saturated rings.